The molecule has 0 aliphatic heterocycles. The molecule has 17 heavy (non-hydrogen) atoms. The Morgan fingerprint density at radius 2 is 1.94 bits per heavy atom. The SMILES string of the molecule is Cc1ccc(C)c(CC(=O)CC2CCCC2)c1. The summed E-state index contributed by atoms with van der Waals surface area (Å²) in [5.41, 5.74) is 3.71. The van der Waals surface area contributed by atoms with Crippen molar-refractivity contribution in [2.24, 2.45) is 5.92 Å². The van der Waals surface area contributed by atoms with Gasteiger partial charge in [-0.25, -0.2) is 0 Å². The number of carbonyl (C=O) groups excluding carboxylic acids is 1. The lowest BCUT2D eigenvalue weighted by atomic mass is 9.95. The number of hydrogen-bond donors (Lipinski definition) is 0. The molecule has 0 bridgehead atoms. The van der Waals surface area contributed by atoms with Crippen LogP contribution in [-0.2, 0) is 11.2 Å². The molecule has 2 rings (SSSR count). The van der Waals surface area contributed by atoms with E-state index < -0.39 is 0 Å². The number of benzene rings is 1. The molecule has 0 spiro atoms. The van der Waals surface area contributed by atoms with E-state index in [0.717, 1.165) is 6.42 Å². The monoisotopic (exact) mass is 230 g/mol. The molecule has 1 aliphatic carbocycles. The maximum absolute atomic E-state index is 12.0. The molecule has 1 aromatic carbocycles. The van der Waals surface area contributed by atoms with Crippen molar-refractivity contribution in [1.29, 1.82) is 0 Å². The largest absolute Gasteiger partial charge is 0.299 e. The van der Waals surface area contributed by atoms with Gasteiger partial charge in [0, 0.05) is 12.8 Å². The smallest absolute Gasteiger partial charge is 0.137 e. The van der Waals surface area contributed by atoms with Crippen LogP contribution in [0.25, 0.3) is 0 Å². The quantitative estimate of drug-likeness (QED) is 0.764. The fourth-order valence-corrected chi connectivity index (χ4v) is 2.81. The van der Waals surface area contributed by atoms with Crippen LogP contribution in [0.15, 0.2) is 18.2 Å². The van der Waals surface area contributed by atoms with Crippen molar-refractivity contribution < 1.29 is 4.79 Å². The maximum atomic E-state index is 12.0. The molecular formula is C16H22O. The molecule has 0 amide bonds. The van der Waals surface area contributed by atoms with E-state index in [4.69, 9.17) is 0 Å². The minimum absolute atomic E-state index is 0.422. The minimum atomic E-state index is 0.422. The highest BCUT2D eigenvalue weighted by molar-refractivity contribution is 5.81. The van der Waals surface area contributed by atoms with Crippen LogP contribution in [0.4, 0.5) is 0 Å². The van der Waals surface area contributed by atoms with Gasteiger partial charge in [0.25, 0.3) is 0 Å². The van der Waals surface area contributed by atoms with Crippen molar-refractivity contribution in [3.8, 4) is 0 Å². The van der Waals surface area contributed by atoms with Crippen LogP contribution in [0.3, 0.4) is 0 Å². The first-order valence-electron chi connectivity index (χ1n) is 6.73. The number of ketones is 1. The first kappa shape index (κ1) is 12.3. The fourth-order valence-electron chi connectivity index (χ4n) is 2.81. The van der Waals surface area contributed by atoms with Gasteiger partial charge in [-0.3, -0.25) is 4.79 Å². The highest BCUT2D eigenvalue weighted by Crippen LogP contribution is 2.28. The highest BCUT2D eigenvalue weighted by atomic mass is 16.1. The van der Waals surface area contributed by atoms with Crippen molar-refractivity contribution in [1.82, 2.24) is 0 Å². The normalized spacial score (nSPS) is 16.4. The summed E-state index contributed by atoms with van der Waals surface area (Å²) in [4.78, 5) is 12.0. The van der Waals surface area contributed by atoms with Crippen molar-refractivity contribution in [3.63, 3.8) is 0 Å². The molecular weight excluding hydrogens is 208 g/mol. The fraction of sp³-hybridized carbons (Fsp3) is 0.562. The molecule has 0 unspecified atom stereocenters. The van der Waals surface area contributed by atoms with Gasteiger partial charge in [-0.1, -0.05) is 49.4 Å². The summed E-state index contributed by atoms with van der Waals surface area (Å²) in [5, 5.41) is 0. The lowest BCUT2D eigenvalue weighted by Crippen LogP contribution is -2.09. The van der Waals surface area contributed by atoms with E-state index in [1.807, 2.05) is 0 Å². The molecule has 1 nitrogen and oxygen atoms in total. The average molecular weight is 230 g/mol. The Morgan fingerprint density at radius 1 is 1.24 bits per heavy atom. The van der Waals surface area contributed by atoms with Crippen molar-refractivity contribution >= 4 is 5.78 Å². The second-order valence-corrected chi connectivity index (χ2v) is 5.50. The van der Waals surface area contributed by atoms with Crippen molar-refractivity contribution in [3.05, 3.63) is 34.9 Å². The number of carbonyl (C=O) groups is 1. The average Bonchev–Trinajstić information content (AvgIpc) is 2.76. The zero-order valence-electron chi connectivity index (χ0n) is 11.0. The highest BCUT2D eigenvalue weighted by Gasteiger charge is 2.18. The van der Waals surface area contributed by atoms with E-state index in [-0.39, 0.29) is 0 Å². The van der Waals surface area contributed by atoms with Gasteiger partial charge < -0.3 is 0 Å². The third-order valence-corrected chi connectivity index (χ3v) is 3.88. The molecule has 0 aromatic heterocycles. The Hall–Kier alpha value is -1.11. The standard InChI is InChI=1S/C16H22O/c1-12-7-8-13(2)15(9-12)11-16(17)10-14-5-3-4-6-14/h7-9,14H,3-6,10-11H2,1-2H3. The van der Waals surface area contributed by atoms with Gasteiger partial charge in [0.05, 0.1) is 0 Å². The number of aryl methyl sites for hydroxylation is 2. The molecule has 0 N–H and O–H groups in total. The summed E-state index contributed by atoms with van der Waals surface area (Å²) in [5.74, 6) is 1.10. The molecule has 1 saturated carbocycles. The Kier molecular flexibility index (Phi) is 3.98. The topological polar surface area (TPSA) is 17.1 Å². The first-order valence-corrected chi connectivity index (χ1v) is 6.73. The third kappa shape index (κ3) is 3.42. The molecule has 0 saturated heterocycles. The van der Waals surface area contributed by atoms with E-state index in [0.29, 0.717) is 18.1 Å². The van der Waals surface area contributed by atoms with Gasteiger partial charge in [0.1, 0.15) is 5.78 Å². The Labute approximate surface area is 104 Å². The first-order chi connectivity index (χ1) is 8.15. The maximum Gasteiger partial charge on any atom is 0.137 e. The predicted octanol–water partition coefficient (Wildman–Crippen LogP) is 4.00. The van der Waals surface area contributed by atoms with E-state index in [9.17, 15) is 4.79 Å². The molecule has 1 heteroatoms. The third-order valence-electron chi connectivity index (χ3n) is 3.88. The second kappa shape index (κ2) is 5.48. The Bertz CT molecular complexity index is 400. The molecule has 0 radical (unpaired) electrons. The van der Waals surface area contributed by atoms with Crippen LogP contribution in [0.2, 0.25) is 0 Å². The summed E-state index contributed by atoms with van der Waals surface area (Å²) >= 11 is 0. The van der Waals surface area contributed by atoms with E-state index in [1.54, 1.807) is 0 Å². The van der Waals surface area contributed by atoms with E-state index >= 15 is 0 Å². The Balaban J connectivity index is 1.95. The van der Waals surface area contributed by atoms with Gasteiger partial charge in [0.2, 0.25) is 0 Å². The van der Waals surface area contributed by atoms with Gasteiger partial charge in [-0.05, 0) is 30.9 Å². The molecule has 1 aromatic rings. The molecule has 0 heterocycles. The van der Waals surface area contributed by atoms with Gasteiger partial charge in [0.15, 0.2) is 0 Å². The van der Waals surface area contributed by atoms with Crippen LogP contribution < -0.4 is 0 Å². The van der Waals surface area contributed by atoms with Gasteiger partial charge in [-0.2, -0.15) is 0 Å². The summed E-state index contributed by atoms with van der Waals surface area (Å²) in [6, 6.07) is 6.38. The second-order valence-electron chi connectivity index (χ2n) is 5.50. The zero-order valence-corrected chi connectivity index (χ0v) is 11.0. The van der Waals surface area contributed by atoms with Crippen LogP contribution >= 0.6 is 0 Å². The zero-order chi connectivity index (χ0) is 12.3. The van der Waals surface area contributed by atoms with Crippen LogP contribution in [0.1, 0.15) is 48.8 Å². The van der Waals surface area contributed by atoms with E-state index in [1.165, 1.54) is 42.4 Å². The molecule has 1 fully saturated rings. The summed E-state index contributed by atoms with van der Waals surface area (Å²) < 4.78 is 0. The van der Waals surface area contributed by atoms with Crippen LogP contribution in [0, 0.1) is 19.8 Å². The summed E-state index contributed by atoms with van der Waals surface area (Å²) in [6.45, 7) is 4.18. The number of Topliss-reactive ketones (excluding diaryl/α,β-unsaturated/α-hetero) is 1. The summed E-state index contributed by atoms with van der Waals surface area (Å²) in [6.07, 6.45) is 6.59. The van der Waals surface area contributed by atoms with Gasteiger partial charge in [-0.15, -0.1) is 0 Å². The molecule has 92 valence electrons. The van der Waals surface area contributed by atoms with Gasteiger partial charge >= 0.3 is 0 Å². The lowest BCUT2D eigenvalue weighted by molar-refractivity contribution is -0.119. The number of rotatable bonds is 4. The van der Waals surface area contributed by atoms with Crippen LogP contribution in [-0.4, -0.2) is 5.78 Å². The predicted molar refractivity (Wildman–Crippen MR) is 71.2 cm³/mol. The van der Waals surface area contributed by atoms with Crippen molar-refractivity contribution in [2.75, 3.05) is 0 Å². The Morgan fingerprint density at radius 3 is 2.65 bits per heavy atom. The minimum Gasteiger partial charge on any atom is -0.299 e. The lowest BCUT2D eigenvalue weighted by Gasteiger charge is -2.10. The van der Waals surface area contributed by atoms with E-state index in [2.05, 4.69) is 32.0 Å². The van der Waals surface area contributed by atoms with Crippen molar-refractivity contribution in [2.45, 2.75) is 52.4 Å². The number of hydrogen-bond acceptors (Lipinski definition) is 1. The summed E-state index contributed by atoms with van der Waals surface area (Å²) in [7, 11) is 0. The van der Waals surface area contributed by atoms with Crippen LogP contribution in [0.5, 0.6) is 0 Å². The molecule has 1 aliphatic rings. The molecule has 0 atom stereocenters.